The highest BCUT2D eigenvalue weighted by Gasteiger charge is 2.17. The maximum atomic E-state index is 12.0. The molecule has 0 aromatic heterocycles. The number of para-hydroxylation sites is 1. The maximum Gasteiger partial charge on any atom is 0.220 e. The van der Waals surface area contributed by atoms with Gasteiger partial charge in [-0.2, -0.15) is 0 Å². The normalized spacial score (nSPS) is 22.0. The lowest BCUT2D eigenvalue weighted by molar-refractivity contribution is -0.121. The fraction of sp³-hybridized carbons (Fsp3) is 0.588. The van der Waals surface area contributed by atoms with E-state index in [1.807, 2.05) is 24.3 Å². The van der Waals surface area contributed by atoms with Crippen LogP contribution in [0, 0.1) is 5.92 Å². The van der Waals surface area contributed by atoms with Gasteiger partial charge in [-0.05, 0) is 43.2 Å². The smallest absolute Gasteiger partial charge is 0.220 e. The van der Waals surface area contributed by atoms with Crippen LogP contribution in [0.3, 0.4) is 0 Å². The molecular weight excluding hydrogens is 284 g/mol. The predicted molar refractivity (Wildman–Crippen MR) is 90.6 cm³/mol. The molecule has 1 aromatic carbocycles. The molecule has 0 saturated heterocycles. The molecule has 2 unspecified atom stereocenters. The predicted octanol–water partition coefficient (Wildman–Crippen LogP) is 3.71. The summed E-state index contributed by atoms with van der Waals surface area (Å²) in [7, 11) is 0. The number of nitrogens with two attached hydrogens (primary N) is 1. The molecule has 0 aliphatic heterocycles. The molecule has 1 aromatic rings. The minimum Gasteiger partial charge on any atom is -0.399 e. The molecule has 1 aliphatic carbocycles. The highest BCUT2D eigenvalue weighted by Crippen LogP contribution is 2.22. The van der Waals surface area contributed by atoms with E-state index in [2.05, 4.69) is 12.2 Å². The highest BCUT2D eigenvalue weighted by molar-refractivity contribution is 5.85. The van der Waals surface area contributed by atoms with E-state index in [1.165, 1.54) is 19.3 Å². The van der Waals surface area contributed by atoms with Crippen molar-refractivity contribution in [2.75, 3.05) is 5.73 Å². The first kappa shape index (κ1) is 17.8. The van der Waals surface area contributed by atoms with Crippen molar-refractivity contribution in [1.82, 2.24) is 5.32 Å². The highest BCUT2D eigenvalue weighted by atomic mass is 35.5. The second kappa shape index (κ2) is 8.93. The zero-order chi connectivity index (χ0) is 14.4. The van der Waals surface area contributed by atoms with Crippen LogP contribution in [0.25, 0.3) is 0 Å². The van der Waals surface area contributed by atoms with Crippen molar-refractivity contribution in [2.45, 2.75) is 57.9 Å². The van der Waals surface area contributed by atoms with Gasteiger partial charge in [-0.3, -0.25) is 4.79 Å². The van der Waals surface area contributed by atoms with Crippen LogP contribution in [0.5, 0.6) is 0 Å². The zero-order valence-corrected chi connectivity index (χ0v) is 13.6. The summed E-state index contributed by atoms with van der Waals surface area (Å²) >= 11 is 0. The Morgan fingerprint density at radius 1 is 1.24 bits per heavy atom. The van der Waals surface area contributed by atoms with Crippen molar-refractivity contribution in [3.63, 3.8) is 0 Å². The van der Waals surface area contributed by atoms with Gasteiger partial charge in [0.25, 0.3) is 0 Å². The van der Waals surface area contributed by atoms with Crippen LogP contribution in [0.1, 0.15) is 51.0 Å². The zero-order valence-electron chi connectivity index (χ0n) is 12.8. The molecular formula is C17H27ClN2O. The van der Waals surface area contributed by atoms with Crippen LogP contribution in [0.2, 0.25) is 0 Å². The average molecular weight is 311 g/mol. The maximum absolute atomic E-state index is 12.0. The van der Waals surface area contributed by atoms with Crippen LogP contribution >= 0.6 is 12.4 Å². The summed E-state index contributed by atoms with van der Waals surface area (Å²) in [5.74, 6) is 0.967. The molecule has 0 spiro atoms. The summed E-state index contributed by atoms with van der Waals surface area (Å²) in [4.78, 5) is 12.0. The topological polar surface area (TPSA) is 55.1 Å². The minimum absolute atomic E-state index is 0. The standard InChI is InChI=1S/C17H26N2O.ClH/c1-13-5-4-7-15(11-9-13)19-17(20)12-10-14-6-2-3-8-16(14)18;/h2-3,6,8,13,15H,4-5,7,9-12,18H2,1H3,(H,19,20);1H. The second-order valence-corrected chi connectivity index (χ2v) is 6.08. The first-order valence-electron chi connectivity index (χ1n) is 7.78. The van der Waals surface area contributed by atoms with Crippen molar-refractivity contribution in [1.29, 1.82) is 0 Å². The molecule has 2 atom stereocenters. The Kier molecular flexibility index (Phi) is 7.58. The van der Waals surface area contributed by atoms with Crippen molar-refractivity contribution in [3.05, 3.63) is 29.8 Å². The quantitative estimate of drug-likeness (QED) is 0.658. The summed E-state index contributed by atoms with van der Waals surface area (Å²) in [6.07, 6.45) is 7.27. The number of aryl methyl sites for hydroxylation is 1. The summed E-state index contributed by atoms with van der Waals surface area (Å²) in [6.45, 7) is 2.31. The van der Waals surface area contributed by atoms with Gasteiger partial charge in [0.1, 0.15) is 0 Å². The lowest BCUT2D eigenvalue weighted by Crippen LogP contribution is -2.34. The van der Waals surface area contributed by atoms with Crippen molar-refractivity contribution >= 4 is 24.0 Å². The molecule has 3 nitrogen and oxygen atoms in total. The van der Waals surface area contributed by atoms with Crippen molar-refractivity contribution in [3.8, 4) is 0 Å². The van der Waals surface area contributed by atoms with Gasteiger partial charge in [-0.25, -0.2) is 0 Å². The number of halogens is 1. The Labute approximate surface area is 134 Å². The fourth-order valence-corrected chi connectivity index (χ4v) is 2.94. The summed E-state index contributed by atoms with van der Waals surface area (Å²) in [5.41, 5.74) is 7.74. The lowest BCUT2D eigenvalue weighted by atomic mass is 10.0. The number of hydrogen-bond acceptors (Lipinski definition) is 2. The number of hydrogen-bond donors (Lipinski definition) is 2. The van der Waals surface area contributed by atoms with E-state index in [9.17, 15) is 4.79 Å². The fourth-order valence-electron chi connectivity index (χ4n) is 2.94. The molecule has 0 bridgehead atoms. The van der Waals surface area contributed by atoms with Gasteiger partial charge in [0, 0.05) is 18.2 Å². The number of nitrogen functional groups attached to an aromatic ring is 1. The molecule has 1 fully saturated rings. The molecule has 0 heterocycles. The number of carbonyl (C=O) groups excluding carboxylic acids is 1. The van der Waals surface area contributed by atoms with Crippen LogP contribution in [-0.4, -0.2) is 11.9 Å². The van der Waals surface area contributed by atoms with Crippen LogP contribution in [-0.2, 0) is 11.2 Å². The van der Waals surface area contributed by atoms with Crippen molar-refractivity contribution in [2.24, 2.45) is 5.92 Å². The Bertz CT molecular complexity index is 450. The molecule has 2 rings (SSSR count). The molecule has 1 amide bonds. The van der Waals surface area contributed by atoms with E-state index in [4.69, 9.17) is 5.73 Å². The number of nitrogens with one attached hydrogen (secondary N) is 1. The largest absolute Gasteiger partial charge is 0.399 e. The Morgan fingerprint density at radius 2 is 2.00 bits per heavy atom. The van der Waals surface area contributed by atoms with Crippen LogP contribution in [0.15, 0.2) is 24.3 Å². The van der Waals surface area contributed by atoms with E-state index in [-0.39, 0.29) is 18.3 Å². The SMILES string of the molecule is CC1CCCC(NC(=O)CCc2ccccc2N)CC1.Cl. The van der Waals surface area contributed by atoms with Crippen LogP contribution in [0.4, 0.5) is 5.69 Å². The Hall–Kier alpha value is -1.22. The number of benzene rings is 1. The second-order valence-electron chi connectivity index (χ2n) is 6.08. The molecule has 118 valence electrons. The van der Waals surface area contributed by atoms with Gasteiger partial charge < -0.3 is 11.1 Å². The van der Waals surface area contributed by atoms with E-state index >= 15 is 0 Å². The summed E-state index contributed by atoms with van der Waals surface area (Å²) in [5, 5.41) is 3.19. The Balaban J connectivity index is 0.00000220. The molecule has 3 N–H and O–H groups in total. The summed E-state index contributed by atoms with van der Waals surface area (Å²) < 4.78 is 0. The van der Waals surface area contributed by atoms with E-state index in [1.54, 1.807) is 0 Å². The third-order valence-corrected chi connectivity index (χ3v) is 4.30. The molecule has 1 saturated carbocycles. The van der Waals surface area contributed by atoms with Crippen LogP contribution < -0.4 is 11.1 Å². The molecule has 1 aliphatic rings. The third-order valence-electron chi connectivity index (χ3n) is 4.30. The van der Waals surface area contributed by atoms with E-state index in [0.29, 0.717) is 12.5 Å². The third kappa shape index (κ3) is 5.96. The van der Waals surface area contributed by atoms with Gasteiger partial charge in [-0.15, -0.1) is 12.4 Å². The minimum atomic E-state index is 0. The van der Waals surface area contributed by atoms with Gasteiger partial charge in [0.2, 0.25) is 5.91 Å². The van der Waals surface area contributed by atoms with Gasteiger partial charge >= 0.3 is 0 Å². The Morgan fingerprint density at radius 3 is 2.76 bits per heavy atom. The van der Waals surface area contributed by atoms with Crippen molar-refractivity contribution < 1.29 is 4.79 Å². The molecule has 4 heteroatoms. The van der Waals surface area contributed by atoms with E-state index < -0.39 is 0 Å². The van der Waals surface area contributed by atoms with Gasteiger partial charge in [0.05, 0.1) is 0 Å². The number of amides is 1. The molecule has 0 radical (unpaired) electrons. The van der Waals surface area contributed by atoms with E-state index in [0.717, 1.165) is 36.4 Å². The van der Waals surface area contributed by atoms with Gasteiger partial charge in [0.15, 0.2) is 0 Å². The summed E-state index contributed by atoms with van der Waals surface area (Å²) in [6, 6.07) is 8.15. The number of anilines is 1. The lowest BCUT2D eigenvalue weighted by Gasteiger charge is -2.16. The van der Waals surface area contributed by atoms with Gasteiger partial charge in [-0.1, -0.05) is 38.0 Å². The number of rotatable bonds is 4. The first-order chi connectivity index (χ1) is 9.65. The monoisotopic (exact) mass is 310 g/mol. The first-order valence-corrected chi connectivity index (χ1v) is 7.78. The molecule has 21 heavy (non-hydrogen) atoms. The average Bonchev–Trinajstić information content (AvgIpc) is 2.63. The number of carbonyl (C=O) groups is 1.